The molecule has 0 fully saturated rings. The summed E-state index contributed by atoms with van der Waals surface area (Å²) in [5.41, 5.74) is 7.25. The molecule has 4 nitrogen and oxygen atoms in total. The van der Waals surface area contributed by atoms with E-state index in [1.165, 1.54) is 6.08 Å². The Hall–Kier alpha value is -1.81. The molecular weight excluding hydrogens is 228 g/mol. The molecule has 1 aromatic carbocycles. The molecule has 0 aliphatic rings. The highest BCUT2D eigenvalue weighted by Gasteiger charge is 2.03. The maximum absolute atomic E-state index is 11.6. The summed E-state index contributed by atoms with van der Waals surface area (Å²) in [7, 11) is 1.65. The first-order valence-electron chi connectivity index (χ1n) is 5.95. The van der Waals surface area contributed by atoms with Gasteiger partial charge in [-0.3, -0.25) is 4.79 Å². The van der Waals surface area contributed by atoms with Crippen molar-refractivity contribution >= 4 is 17.7 Å². The fourth-order valence-corrected chi connectivity index (χ4v) is 1.49. The minimum atomic E-state index is -0.110. The summed E-state index contributed by atoms with van der Waals surface area (Å²) < 4.78 is 4.95. The molecule has 0 heterocycles. The highest BCUT2D eigenvalue weighted by molar-refractivity contribution is 5.91. The van der Waals surface area contributed by atoms with Crippen LogP contribution in [0.1, 0.15) is 18.9 Å². The van der Waals surface area contributed by atoms with Crippen molar-refractivity contribution in [2.24, 2.45) is 0 Å². The Morgan fingerprint density at radius 3 is 3.00 bits per heavy atom. The maximum atomic E-state index is 11.6. The van der Waals surface area contributed by atoms with Crippen LogP contribution in [-0.4, -0.2) is 25.7 Å². The van der Waals surface area contributed by atoms with E-state index in [0.29, 0.717) is 12.3 Å². The molecule has 1 unspecified atom stereocenters. The number of carbonyl (C=O) groups excluding carboxylic acids is 1. The molecule has 0 aliphatic carbocycles. The normalized spacial score (nSPS) is 12.6. The number of hydrogen-bond donors (Lipinski definition) is 2. The monoisotopic (exact) mass is 248 g/mol. The zero-order valence-corrected chi connectivity index (χ0v) is 10.8. The van der Waals surface area contributed by atoms with Gasteiger partial charge < -0.3 is 15.8 Å². The zero-order valence-electron chi connectivity index (χ0n) is 10.8. The summed E-state index contributed by atoms with van der Waals surface area (Å²) in [5.74, 6) is -0.110. The van der Waals surface area contributed by atoms with E-state index in [-0.39, 0.29) is 11.9 Å². The predicted molar refractivity (Wildman–Crippen MR) is 74.0 cm³/mol. The number of benzene rings is 1. The average molecular weight is 248 g/mol. The molecule has 4 heteroatoms. The van der Waals surface area contributed by atoms with Gasteiger partial charge in [0.25, 0.3) is 0 Å². The Kier molecular flexibility index (Phi) is 5.94. The van der Waals surface area contributed by atoms with E-state index in [4.69, 9.17) is 10.5 Å². The van der Waals surface area contributed by atoms with Gasteiger partial charge in [-0.25, -0.2) is 0 Å². The number of nitrogens with two attached hydrogens (primary N) is 1. The molecule has 0 radical (unpaired) electrons. The topological polar surface area (TPSA) is 64.3 Å². The first-order valence-corrected chi connectivity index (χ1v) is 5.95. The minimum absolute atomic E-state index is 0.0999. The van der Waals surface area contributed by atoms with Crippen LogP contribution in [0.15, 0.2) is 30.3 Å². The third kappa shape index (κ3) is 5.50. The number of amides is 1. The molecule has 3 N–H and O–H groups in total. The second-order valence-electron chi connectivity index (χ2n) is 4.19. The van der Waals surface area contributed by atoms with Crippen LogP contribution >= 0.6 is 0 Å². The number of hydrogen-bond acceptors (Lipinski definition) is 3. The summed E-state index contributed by atoms with van der Waals surface area (Å²) in [5, 5.41) is 2.86. The lowest BCUT2D eigenvalue weighted by atomic mass is 10.2. The van der Waals surface area contributed by atoms with Crippen molar-refractivity contribution in [3.05, 3.63) is 35.9 Å². The second kappa shape index (κ2) is 7.50. The van der Waals surface area contributed by atoms with Crippen molar-refractivity contribution in [2.75, 3.05) is 19.5 Å². The number of nitrogens with one attached hydrogen (secondary N) is 1. The summed E-state index contributed by atoms with van der Waals surface area (Å²) in [4.78, 5) is 11.6. The van der Waals surface area contributed by atoms with Crippen molar-refractivity contribution in [3.63, 3.8) is 0 Å². The Labute approximate surface area is 108 Å². The smallest absolute Gasteiger partial charge is 0.244 e. The van der Waals surface area contributed by atoms with Crippen molar-refractivity contribution < 1.29 is 9.53 Å². The van der Waals surface area contributed by atoms with Gasteiger partial charge in [0.05, 0.1) is 0 Å². The predicted octanol–water partition coefficient (Wildman–Crippen LogP) is 1.82. The molecule has 98 valence electrons. The zero-order chi connectivity index (χ0) is 13.4. The summed E-state index contributed by atoms with van der Waals surface area (Å²) in [6.07, 6.45) is 4.06. The van der Waals surface area contributed by atoms with Crippen LogP contribution in [0.5, 0.6) is 0 Å². The van der Waals surface area contributed by atoms with Crippen LogP contribution in [0.2, 0.25) is 0 Å². The van der Waals surface area contributed by atoms with Gasteiger partial charge >= 0.3 is 0 Å². The van der Waals surface area contributed by atoms with Gasteiger partial charge in [0.15, 0.2) is 0 Å². The van der Waals surface area contributed by atoms with Crippen molar-refractivity contribution in [1.82, 2.24) is 5.32 Å². The van der Waals surface area contributed by atoms with Crippen LogP contribution in [0.3, 0.4) is 0 Å². The molecule has 1 aromatic rings. The molecule has 0 spiro atoms. The molecule has 1 rings (SSSR count). The number of carbonyl (C=O) groups is 1. The molecule has 0 bridgehead atoms. The van der Waals surface area contributed by atoms with Crippen LogP contribution in [0, 0.1) is 0 Å². The van der Waals surface area contributed by atoms with Crippen LogP contribution in [0.4, 0.5) is 5.69 Å². The highest BCUT2D eigenvalue weighted by atomic mass is 16.5. The first-order chi connectivity index (χ1) is 8.61. The lowest BCUT2D eigenvalue weighted by Crippen LogP contribution is -2.31. The number of anilines is 1. The third-order valence-corrected chi connectivity index (χ3v) is 2.48. The summed E-state index contributed by atoms with van der Waals surface area (Å²) in [6, 6.07) is 7.48. The highest BCUT2D eigenvalue weighted by Crippen LogP contribution is 2.07. The van der Waals surface area contributed by atoms with Gasteiger partial charge in [0.2, 0.25) is 5.91 Å². The lowest BCUT2D eigenvalue weighted by molar-refractivity contribution is -0.117. The van der Waals surface area contributed by atoms with Crippen LogP contribution in [0.25, 0.3) is 6.08 Å². The van der Waals surface area contributed by atoms with Gasteiger partial charge in [-0.15, -0.1) is 0 Å². The Morgan fingerprint density at radius 2 is 2.33 bits per heavy atom. The lowest BCUT2D eigenvalue weighted by Gasteiger charge is -2.11. The molecule has 18 heavy (non-hydrogen) atoms. The molecule has 0 saturated carbocycles. The second-order valence-corrected chi connectivity index (χ2v) is 4.19. The van der Waals surface area contributed by atoms with Crippen molar-refractivity contribution in [1.29, 1.82) is 0 Å². The van der Waals surface area contributed by atoms with E-state index in [1.807, 2.05) is 31.2 Å². The van der Waals surface area contributed by atoms with E-state index >= 15 is 0 Å². The molecule has 0 saturated heterocycles. The first kappa shape index (κ1) is 14.3. The van der Waals surface area contributed by atoms with E-state index in [0.717, 1.165) is 12.0 Å². The largest absolute Gasteiger partial charge is 0.399 e. The summed E-state index contributed by atoms with van der Waals surface area (Å²) >= 11 is 0. The molecular formula is C14H20N2O2. The number of nitrogen functional groups attached to an aromatic ring is 1. The standard InChI is InChI=1S/C14H20N2O2/c1-11(8-9-18-2)16-14(17)7-6-12-4-3-5-13(15)10-12/h3-7,10-11H,8-9,15H2,1-2H3,(H,16,17)/b7-6+. The van der Waals surface area contributed by atoms with Crippen LogP contribution < -0.4 is 11.1 Å². The van der Waals surface area contributed by atoms with Crippen molar-refractivity contribution in [3.8, 4) is 0 Å². The number of rotatable bonds is 6. The fourth-order valence-electron chi connectivity index (χ4n) is 1.49. The summed E-state index contributed by atoms with van der Waals surface area (Å²) in [6.45, 7) is 2.59. The van der Waals surface area contributed by atoms with E-state index in [9.17, 15) is 4.79 Å². The quantitative estimate of drug-likeness (QED) is 0.596. The average Bonchev–Trinajstić information content (AvgIpc) is 2.34. The SMILES string of the molecule is COCCC(C)NC(=O)/C=C/c1cccc(N)c1. The van der Waals surface area contributed by atoms with Gasteiger partial charge in [-0.05, 0) is 37.1 Å². The molecule has 0 aromatic heterocycles. The van der Waals surface area contributed by atoms with E-state index < -0.39 is 0 Å². The Morgan fingerprint density at radius 1 is 1.56 bits per heavy atom. The molecule has 1 atom stereocenters. The maximum Gasteiger partial charge on any atom is 0.244 e. The fraction of sp³-hybridized carbons (Fsp3) is 0.357. The van der Waals surface area contributed by atoms with Gasteiger partial charge in [-0.1, -0.05) is 12.1 Å². The molecule has 0 aliphatic heterocycles. The Balaban J connectivity index is 2.44. The number of ether oxygens (including phenoxy) is 1. The third-order valence-electron chi connectivity index (χ3n) is 2.48. The van der Waals surface area contributed by atoms with Gasteiger partial charge in [0, 0.05) is 31.5 Å². The van der Waals surface area contributed by atoms with E-state index in [2.05, 4.69) is 5.32 Å². The minimum Gasteiger partial charge on any atom is -0.399 e. The van der Waals surface area contributed by atoms with E-state index in [1.54, 1.807) is 13.2 Å². The molecule has 1 amide bonds. The van der Waals surface area contributed by atoms with Crippen molar-refractivity contribution in [2.45, 2.75) is 19.4 Å². The van der Waals surface area contributed by atoms with Gasteiger partial charge in [-0.2, -0.15) is 0 Å². The Bertz CT molecular complexity index is 416. The number of methoxy groups -OCH3 is 1. The van der Waals surface area contributed by atoms with Crippen LogP contribution in [-0.2, 0) is 9.53 Å². The van der Waals surface area contributed by atoms with Gasteiger partial charge in [0.1, 0.15) is 0 Å².